The Hall–Kier alpha value is -0.750. The van der Waals surface area contributed by atoms with Crippen LogP contribution in [0.5, 0.6) is 0 Å². The molecule has 0 aromatic heterocycles. The van der Waals surface area contributed by atoms with Crippen molar-refractivity contribution in [3.05, 3.63) is 0 Å². The highest BCUT2D eigenvalue weighted by Crippen LogP contribution is 2.31. The third kappa shape index (κ3) is 3.35. The summed E-state index contributed by atoms with van der Waals surface area (Å²) in [6.07, 6.45) is 2.56. The van der Waals surface area contributed by atoms with Crippen LogP contribution in [0.3, 0.4) is 0 Å². The first-order chi connectivity index (χ1) is 8.24. The maximum atomic E-state index is 11.1. The van der Waals surface area contributed by atoms with Crippen LogP contribution in [0.15, 0.2) is 4.99 Å². The van der Waals surface area contributed by atoms with E-state index < -0.39 is 0 Å². The van der Waals surface area contributed by atoms with E-state index in [0.717, 1.165) is 37.0 Å². The highest BCUT2D eigenvalue weighted by atomic mass is 32.2. The van der Waals surface area contributed by atoms with Crippen LogP contribution in [0, 0.1) is 0 Å². The summed E-state index contributed by atoms with van der Waals surface area (Å²) >= 11 is 1.76. The number of thioether (sulfide) groups is 1. The molecule has 0 aliphatic carbocycles. The van der Waals surface area contributed by atoms with E-state index in [1.165, 1.54) is 0 Å². The van der Waals surface area contributed by atoms with Gasteiger partial charge in [-0.25, -0.2) is 0 Å². The number of carbonyl (C=O) groups is 1. The molecule has 5 nitrogen and oxygen atoms in total. The highest BCUT2D eigenvalue weighted by Gasteiger charge is 2.38. The van der Waals surface area contributed by atoms with Crippen molar-refractivity contribution in [2.45, 2.75) is 24.8 Å². The number of amidine groups is 1. The monoisotopic (exact) mass is 257 g/mol. The Morgan fingerprint density at radius 1 is 1.59 bits per heavy atom. The van der Waals surface area contributed by atoms with Gasteiger partial charge in [-0.3, -0.25) is 9.79 Å². The summed E-state index contributed by atoms with van der Waals surface area (Å²) in [4.78, 5) is 15.5. The molecular weight excluding hydrogens is 238 g/mol. The van der Waals surface area contributed by atoms with E-state index in [2.05, 4.69) is 15.6 Å². The molecule has 2 heterocycles. The molecule has 2 fully saturated rings. The van der Waals surface area contributed by atoms with Gasteiger partial charge in [0.05, 0.1) is 12.1 Å². The van der Waals surface area contributed by atoms with Crippen LogP contribution < -0.4 is 10.6 Å². The highest BCUT2D eigenvalue weighted by molar-refractivity contribution is 8.14. The molecule has 96 valence electrons. The van der Waals surface area contributed by atoms with Gasteiger partial charge in [-0.05, 0) is 12.8 Å². The van der Waals surface area contributed by atoms with E-state index in [1.807, 2.05) is 0 Å². The number of amides is 1. The Morgan fingerprint density at radius 2 is 2.35 bits per heavy atom. The maximum Gasteiger partial charge on any atom is 0.221 e. The fourth-order valence-corrected chi connectivity index (χ4v) is 3.25. The molecule has 2 aliphatic heterocycles. The number of carbonyl (C=O) groups excluding carboxylic acids is 1. The fourth-order valence-electron chi connectivity index (χ4n) is 2.01. The summed E-state index contributed by atoms with van der Waals surface area (Å²) in [5.74, 6) is 1.10. The van der Waals surface area contributed by atoms with Gasteiger partial charge in [0.25, 0.3) is 0 Å². The van der Waals surface area contributed by atoms with Gasteiger partial charge in [0.2, 0.25) is 5.91 Å². The molecule has 2 rings (SSSR count). The molecule has 2 N–H and O–H groups in total. The number of ether oxygens (including phenoxy) is 1. The van der Waals surface area contributed by atoms with Crippen molar-refractivity contribution in [2.24, 2.45) is 4.99 Å². The zero-order chi connectivity index (χ0) is 12.1. The predicted octanol–water partition coefficient (Wildman–Crippen LogP) is 0.364. The van der Waals surface area contributed by atoms with Gasteiger partial charge in [0.15, 0.2) is 5.17 Å². The van der Waals surface area contributed by atoms with Crippen molar-refractivity contribution in [3.63, 3.8) is 0 Å². The molecule has 0 aromatic carbocycles. The molecule has 0 unspecified atom stereocenters. The second-order valence-corrected chi connectivity index (χ2v) is 5.38. The zero-order valence-electron chi connectivity index (χ0n) is 10.1. The van der Waals surface area contributed by atoms with Gasteiger partial charge >= 0.3 is 0 Å². The lowest BCUT2D eigenvalue weighted by molar-refractivity contribution is -0.120. The normalized spacial score (nSPS) is 24.9. The fraction of sp³-hybridized carbons (Fsp3) is 0.818. The lowest BCUT2D eigenvalue weighted by atomic mass is 9.93. The van der Waals surface area contributed by atoms with Gasteiger partial charge < -0.3 is 15.4 Å². The Bertz CT molecular complexity index is 314. The molecule has 6 heteroatoms. The standard InChI is InChI=1S/C11H19N3O2S/c1-12-9(15)2-5-13-10-14-11(8-17-10)3-6-16-7-4-11/h2-8H2,1H3,(H,12,15)(H,13,14). The van der Waals surface area contributed by atoms with Gasteiger partial charge in [-0.2, -0.15) is 0 Å². The molecule has 0 saturated carbocycles. The van der Waals surface area contributed by atoms with Crippen molar-refractivity contribution >= 4 is 22.8 Å². The predicted molar refractivity (Wildman–Crippen MR) is 69.4 cm³/mol. The first-order valence-corrected chi connectivity index (χ1v) is 6.96. The van der Waals surface area contributed by atoms with E-state index in [9.17, 15) is 4.79 Å². The molecule has 0 bridgehead atoms. The number of nitrogens with one attached hydrogen (secondary N) is 2. The SMILES string of the molecule is CNC(=O)CCN=C1NC2(CCOCC2)CS1. The first-order valence-electron chi connectivity index (χ1n) is 5.98. The van der Waals surface area contributed by atoms with E-state index in [1.54, 1.807) is 18.8 Å². The zero-order valence-corrected chi connectivity index (χ0v) is 10.9. The Labute approximate surface area is 106 Å². The van der Waals surface area contributed by atoms with Crippen molar-refractivity contribution < 1.29 is 9.53 Å². The first kappa shape index (κ1) is 12.7. The summed E-state index contributed by atoms with van der Waals surface area (Å²) in [6, 6.07) is 0. The minimum absolute atomic E-state index is 0.0399. The summed E-state index contributed by atoms with van der Waals surface area (Å²) in [7, 11) is 1.65. The largest absolute Gasteiger partial charge is 0.381 e. The Balaban J connectivity index is 1.80. The van der Waals surface area contributed by atoms with Crippen LogP contribution in [0.4, 0.5) is 0 Å². The number of hydrogen-bond donors (Lipinski definition) is 2. The molecule has 2 aliphatic rings. The second kappa shape index (κ2) is 5.73. The van der Waals surface area contributed by atoms with Gasteiger partial charge in [0.1, 0.15) is 0 Å². The molecule has 1 amide bonds. The average Bonchev–Trinajstić information content (AvgIpc) is 2.73. The third-order valence-corrected chi connectivity index (χ3v) is 4.38. The lowest BCUT2D eigenvalue weighted by Gasteiger charge is -2.32. The average molecular weight is 257 g/mol. The number of nitrogens with zero attached hydrogens (tertiary/aromatic N) is 1. The van der Waals surface area contributed by atoms with Crippen LogP contribution >= 0.6 is 11.8 Å². The summed E-state index contributed by atoms with van der Waals surface area (Å²) in [5, 5.41) is 7.08. The summed E-state index contributed by atoms with van der Waals surface area (Å²) < 4.78 is 5.38. The second-order valence-electron chi connectivity index (χ2n) is 4.42. The summed E-state index contributed by atoms with van der Waals surface area (Å²) in [6.45, 7) is 2.22. The van der Waals surface area contributed by atoms with E-state index in [4.69, 9.17) is 4.74 Å². The van der Waals surface area contributed by atoms with Crippen molar-refractivity contribution in [1.82, 2.24) is 10.6 Å². The molecule has 0 atom stereocenters. The van der Waals surface area contributed by atoms with Crippen LogP contribution in [0.2, 0.25) is 0 Å². The van der Waals surface area contributed by atoms with E-state index in [0.29, 0.717) is 13.0 Å². The van der Waals surface area contributed by atoms with Crippen molar-refractivity contribution in [1.29, 1.82) is 0 Å². The topological polar surface area (TPSA) is 62.7 Å². The minimum atomic E-state index is 0.0399. The van der Waals surface area contributed by atoms with Crippen LogP contribution in [-0.4, -0.2) is 49.2 Å². The maximum absolute atomic E-state index is 11.1. The quantitative estimate of drug-likeness (QED) is 0.766. The molecule has 0 aromatic rings. The number of hydrogen-bond acceptors (Lipinski definition) is 4. The lowest BCUT2D eigenvalue weighted by Crippen LogP contribution is -2.48. The third-order valence-electron chi connectivity index (χ3n) is 3.18. The molecular formula is C11H19N3O2S. The molecule has 0 radical (unpaired) electrons. The minimum Gasteiger partial charge on any atom is -0.381 e. The van der Waals surface area contributed by atoms with Crippen molar-refractivity contribution in [2.75, 3.05) is 32.6 Å². The molecule has 1 spiro atoms. The summed E-state index contributed by atoms with van der Waals surface area (Å²) in [5.41, 5.74) is 0.189. The number of rotatable bonds is 3. The molecule has 17 heavy (non-hydrogen) atoms. The van der Waals surface area contributed by atoms with E-state index >= 15 is 0 Å². The van der Waals surface area contributed by atoms with Crippen LogP contribution in [0.1, 0.15) is 19.3 Å². The van der Waals surface area contributed by atoms with Gasteiger partial charge in [-0.15, -0.1) is 0 Å². The number of aliphatic imine (C=N–C) groups is 1. The van der Waals surface area contributed by atoms with Crippen molar-refractivity contribution in [3.8, 4) is 0 Å². The van der Waals surface area contributed by atoms with Gasteiger partial charge in [0, 0.05) is 32.4 Å². The van der Waals surface area contributed by atoms with Crippen LogP contribution in [0.25, 0.3) is 0 Å². The molecule has 2 saturated heterocycles. The van der Waals surface area contributed by atoms with Crippen LogP contribution in [-0.2, 0) is 9.53 Å². The Morgan fingerprint density at radius 3 is 3.06 bits per heavy atom. The van der Waals surface area contributed by atoms with Gasteiger partial charge in [-0.1, -0.05) is 11.8 Å². The van der Waals surface area contributed by atoms with E-state index in [-0.39, 0.29) is 11.4 Å². The smallest absolute Gasteiger partial charge is 0.221 e. The Kier molecular flexibility index (Phi) is 4.28.